The molecule has 2 saturated heterocycles. The van der Waals surface area contributed by atoms with Crippen molar-refractivity contribution >= 4 is 11.8 Å². The third-order valence-corrected chi connectivity index (χ3v) is 5.92. The number of urea groups is 1. The predicted molar refractivity (Wildman–Crippen MR) is 120 cm³/mol. The lowest BCUT2D eigenvalue weighted by molar-refractivity contribution is 0.205. The number of carbonyl (C=O) groups excluding carboxylic acids is 1. The van der Waals surface area contributed by atoms with Gasteiger partial charge in [0.15, 0.2) is 0 Å². The molecule has 0 aliphatic carbocycles. The van der Waals surface area contributed by atoms with Gasteiger partial charge in [-0.2, -0.15) is 4.98 Å². The number of aromatic nitrogens is 2. The van der Waals surface area contributed by atoms with E-state index >= 15 is 0 Å². The molecule has 0 spiro atoms. The summed E-state index contributed by atoms with van der Waals surface area (Å²) in [6.45, 7) is 5.93. The number of likely N-dealkylation sites (tertiary alicyclic amines) is 1. The molecule has 1 aromatic carbocycles. The SMILES string of the molecule is NC1CCN(Cc2ccc(-n3ccc(NC(=O)N4CCCNCC4)nc3=O)cc2)CC1. The first-order valence-corrected chi connectivity index (χ1v) is 11.0. The lowest BCUT2D eigenvalue weighted by Gasteiger charge is -2.30. The Hall–Kier alpha value is -2.75. The van der Waals surface area contributed by atoms with Gasteiger partial charge in [-0.3, -0.25) is 14.8 Å². The Bertz CT molecular complexity index is 928. The molecule has 2 amide bonds. The van der Waals surface area contributed by atoms with Crippen LogP contribution >= 0.6 is 0 Å². The summed E-state index contributed by atoms with van der Waals surface area (Å²) >= 11 is 0. The van der Waals surface area contributed by atoms with Crippen molar-refractivity contribution in [3.8, 4) is 5.69 Å². The van der Waals surface area contributed by atoms with Crippen LogP contribution in [0, 0.1) is 0 Å². The lowest BCUT2D eigenvalue weighted by Crippen LogP contribution is -2.39. The van der Waals surface area contributed by atoms with E-state index in [4.69, 9.17) is 5.73 Å². The molecule has 31 heavy (non-hydrogen) atoms. The topological polar surface area (TPSA) is 109 Å². The molecule has 0 saturated carbocycles. The quantitative estimate of drug-likeness (QED) is 0.674. The maximum absolute atomic E-state index is 12.5. The molecule has 0 bridgehead atoms. The largest absolute Gasteiger partial charge is 0.354 e. The van der Waals surface area contributed by atoms with Crippen molar-refractivity contribution in [2.24, 2.45) is 5.73 Å². The summed E-state index contributed by atoms with van der Waals surface area (Å²) in [6, 6.07) is 9.69. The van der Waals surface area contributed by atoms with Crippen LogP contribution in [0.2, 0.25) is 0 Å². The smallest absolute Gasteiger partial charge is 0.328 e. The maximum atomic E-state index is 12.5. The van der Waals surface area contributed by atoms with Crippen molar-refractivity contribution in [2.75, 3.05) is 44.6 Å². The van der Waals surface area contributed by atoms with E-state index in [1.165, 1.54) is 10.1 Å². The van der Waals surface area contributed by atoms with E-state index in [9.17, 15) is 9.59 Å². The summed E-state index contributed by atoms with van der Waals surface area (Å²) in [7, 11) is 0. The molecule has 4 N–H and O–H groups in total. The Morgan fingerprint density at radius 2 is 1.87 bits per heavy atom. The van der Waals surface area contributed by atoms with E-state index in [-0.39, 0.29) is 11.8 Å². The molecule has 4 rings (SSSR count). The van der Waals surface area contributed by atoms with Crippen molar-refractivity contribution in [3.05, 3.63) is 52.6 Å². The van der Waals surface area contributed by atoms with Crippen LogP contribution in [0.3, 0.4) is 0 Å². The predicted octanol–water partition coefficient (Wildman–Crippen LogP) is 0.983. The van der Waals surface area contributed by atoms with Gasteiger partial charge in [0, 0.05) is 38.4 Å². The fourth-order valence-electron chi connectivity index (χ4n) is 4.04. The summed E-state index contributed by atoms with van der Waals surface area (Å²) in [5.74, 6) is 0.267. The second kappa shape index (κ2) is 10.0. The molecule has 0 atom stereocenters. The molecule has 2 aromatic rings. The molecule has 0 radical (unpaired) electrons. The van der Waals surface area contributed by atoms with Gasteiger partial charge in [0.1, 0.15) is 5.82 Å². The van der Waals surface area contributed by atoms with E-state index in [1.54, 1.807) is 17.2 Å². The first-order valence-electron chi connectivity index (χ1n) is 11.0. The van der Waals surface area contributed by atoms with Gasteiger partial charge in [-0.15, -0.1) is 0 Å². The highest BCUT2D eigenvalue weighted by Crippen LogP contribution is 2.15. The minimum atomic E-state index is -0.423. The van der Waals surface area contributed by atoms with Crippen LogP contribution in [-0.2, 0) is 6.54 Å². The van der Waals surface area contributed by atoms with Crippen LogP contribution in [0.25, 0.3) is 5.69 Å². The molecule has 0 unspecified atom stereocenters. The zero-order valence-electron chi connectivity index (χ0n) is 17.8. The van der Waals surface area contributed by atoms with Crippen molar-refractivity contribution in [2.45, 2.75) is 31.8 Å². The third kappa shape index (κ3) is 5.69. The fraction of sp³-hybridized carbons (Fsp3) is 0.500. The van der Waals surface area contributed by atoms with Crippen molar-refractivity contribution in [3.63, 3.8) is 0 Å². The summed E-state index contributed by atoms with van der Waals surface area (Å²) in [5.41, 5.74) is 7.51. The second-order valence-corrected chi connectivity index (χ2v) is 8.27. The Morgan fingerprint density at radius 3 is 2.61 bits per heavy atom. The van der Waals surface area contributed by atoms with Gasteiger partial charge >= 0.3 is 11.7 Å². The number of nitrogens with zero attached hydrogens (tertiary/aromatic N) is 4. The van der Waals surface area contributed by atoms with Gasteiger partial charge in [0.25, 0.3) is 0 Å². The number of anilines is 1. The highest BCUT2D eigenvalue weighted by molar-refractivity contribution is 5.88. The number of hydrogen-bond acceptors (Lipinski definition) is 6. The van der Waals surface area contributed by atoms with Crippen LogP contribution in [0.15, 0.2) is 41.3 Å². The highest BCUT2D eigenvalue weighted by Gasteiger charge is 2.17. The second-order valence-electron chi connectivity index (χ2n) is 8.27. The molecular formula is C22H31N7O2. The van der Waals surface area contributed by atoms with E-state index < -0.39 is 5.69 Å². The molecule has 166 valence electrons. The fourth-order valence-corrected chi connectivity index (χ4v) is 4.04. The Morgan fingerprint density at radius 1 is 1.10 bits per heavy atom. The highest BCUT2D eigenvalue weighted by atomic mass is 16.2. The van der Waals surface area contributed by atoms with E-state index in [0.717, 1.165) is 57.7 Å². The number of benzene rings is 1. The van der Waals surface area contributed by atoms with Gasteiger partial charge in [-0.1, -0.05) is 12.1 Å². The molecule has 2 fully saturated rings. The zero-order valence-corrected chi connectivity index (χ0v) is 17.8. The van der Waals surface area contributed by atoms with E-state index in [0.29, 0.717) is 19.1 Å². The third-order valence-electron chi connectivity index (χ3n) is 5.92. The van der Waals surface area contributed by atoms with Crippen LogP contribution in [-0.4, -0.2) is 70.7 Å². The monoisotopic (exact) mass is 425 g/mol. The number of nitrogens with two attached hydrogens (primary N) is 1. The average molecular weight is 426 g/mol. The van der Waals surface area contributed by atoms with Gasteiger partial charge in [-0.25, -0.2) is 9.59 Å². The number of carbonyl (C=O) groups is 1. The molecule has 3 heterocycles. The van der Waals surface area contributed by atoms with Crippen molar-refractivity contribution < 1.29 is 4.79 Å². The number of hydrogen-bond donors (Lipinski definition) is 3. The summed E-state index contributed by atoms with van der Waals surface area (Å²) < 4.78 is 1.48. The number of amides is 2. The summed E-state index contributed by atoms with van der Waals surface area (Å²) in [6.07, 6.45) is 4.63. The van der Waals surface area contributed by atoms with E-state index in [1.807, 2.05) is 24.3 Å². The van der Waals surface area contributed by atoms with Gasteiger partial charge in [0.05, 0.1) is 5.69 Å². The minimum absolute atomic E-state index is 0.226. The Balaban J connectivity index is 1.38. The molecular weight excluding hydrogens is 394 g/mol. The summed E-state index contributed by atoms with van der Waals surface area (Å²) in [4.78, 5) is 33.2. The first kappa shape index (κ1) is 21.5. The molecule has 9 heteroatoms. The van der Waals surface area contributed by atoms with Crippen LogP contribution in [0.1, 0.15) is 24.8 Å². The molecule has 9 nitrogen and oxygen atoms in total. The normalized spacial score (nSPS) is 18.5. The van der Waals surface area contributed by atoms with Crippen LogP contribution in [0.4, 0.5) is 10.6 Å². The van der Waals surface area contributed by atoms with Gasteiger partial charge in [-0.05, 0) is 62.7 Å². The maximum Gasteiger partial charge on any atom is 0.354 e. The Kier molecular flexibility index (Phi) is 6.96. The molecule has 2 aliphatic heterocycles. The minimum Gasteiger partial charge on any atom is -0.328 e. The summed E-state index contributed by atoms with van der Waals surface area (Å²) in [5, 5.41) is 6.00. The van der Waals surface area contributed by atoms with Crippen molar-refractivity contribution in [1.82, 2.24) is 24.7 Å². The lowest BCUT2D eigenvalue weighted by atomic mass is 10.1. The van der Waals surface area contributed by atoms with Crippen LogP contribution < -0.4 is 22.1 Å². The Labute approximate surface area is 182 Å². The van der Waals surface area contributed by atoms with Crippen LogP contribution in [0.5, 0.6) is 0 Å². The average Bonchev–Trinajstić information content (AvgIpc) is 3.06. The standard InChI is InChI=1S/C22H31N7O2/c23-18-6-12-27(13-7-18)16-17-2-4-19(5-3-17)29-14-8-20(26-22(29)31)25-21(30)28-11-1-9-24-10-15-28/h2-5,8,14,18,24H,1,6-7,9-13,15-16,23H2,(H,25,26,30,31). The van der Waals surface area contributed by atoms with Crippen molar-refractivity contribution in [1.29, 1.82) is 0 Å². The molecule has 1 aromatic heterocycles. The molecule has 2 aliphatic rings. The number of nitrogens with one attached hydrogen (secondary N) is 2. The van der Waals surface area contributed by atoms with Gasteiger partial charge in [0.2, 0.25) is 0 Å². The number of rotatable bonds is 4. The van der Waals surface area contributed by atoms with Gasteiger partial charge < -0.3 is 16.0 Å². The number of piperidine rings is 1. The zero-order chi connectivity index (χ0) is 21.6. The first-order chi connectivity index (χ1) is 15.1. The van der Waals surface area contributed by atoms with E-state index in [2.05, 4.69) is 20.5 Å².